The van der Waals surface area contributed by atoms with Gasteiger partial charge in [0, 0.05) is 6.54 Å². The first-order valence-electron chi connectivity index (χ1n) is 5.64. The van der Waals surface area contributed by atoms with Gasteiger partial charge in [0.2, 0.25) is 0 Å². The van der Waals surface area contributed by atoms with Gasteiger partial charge in [-0.15, -0.1) is 0 Å². The average molecular weight is 201 g/mol. The van der Waals surface area contributed by atoms with Crippen molar-refractivity contribution in [1.29, 1.82) is 0 Å². The van der Waals surface area contributed by atoms with Crippen LogP contribution in [0, 0.1) is 11.8 Å². The van der Waals surface area contributed by atoms with Crippen LogP contribution in [0.25, 0.3) is 0 Å². The third-order valence-electron chi connectivity index (χ3n) is 3.62. The Balaban J connectivity index is 1.85. The number of rotatable bonds is 2. The van der Waals surface area contributed by atoms with Crippen LogP contribution >= 0.6 is 0 Å². The van der Waals surface area contributed by atoms with E-state index < -0.39 is 6.17 Å². The fraction of sp³-hybridized carbons (Fsp3) is 1.00. The van der Waals surface area contributed by atoms with Gasteiger partial charge in [-0.05, 0) is 24.8 Å². The number of hydrogen-bond donors (Lipinski definition) is 0. The SMILES string of the molecule is CC(C)[C@H]1CCN(C2COC2)C[C@@H]1F. The number of ether oxygens (including phenoxy) is 1. The Bertz CT molecular complexity index is 194. The number of likely N-dealkylation sites (tertiary alicyclic amines) is 1. The zero-order chi connectivity index (χ0) is 10.1. The molecule has 2 heterocycles. The standard InChI is InChI=1S/C11H20FNO/c1-8(2)10-3-4-13(5-11(10)12)9-6-14-7-9/h8-11H,3-7H2,1-2H3/t10-,11+/m1/s1. The van der Waals surface area contributed by atoms with Crippen LogP contribution in [0.3, 0.4) is 0 Å². The molecule has 2 aliphatic heterocycles. The van der Waals surface area contributed by atoms with E-state index in [1.54, 1.807) is 0 Å². The fourth-order valence-electron chi connectivity index (χ4n) is 2.46. The van der Waals surface area contributed by atoms with E-state index in [0.717, 1.165) is 26.2 Å². The highest BCUT2D eigenvalue weighted by Gasteiger charge is 2.36. The van der Waals surface area contributed by atoms with E-state index in [9.17, 15) is 4.39 Å². The number of nitrogens with zero attached hydrogens (tertiary/aromatic N) is 1. The number of halogens is 1. The molecule has 0 amide bonds. The smallest absolute Gasteiger partial charge is 0.116 e. The molecule has 2 atom stereocenters. The Morgan fingerprint density at radius 1 is 1.36 bits per heavy atom. The Morgan fingerprint density at radius 2 is 2.07 bits per heavy atom. The molecule has 0 aromatic rings. The van der Waals surface area contributed by atoms with Crippen molar-refractivity contribution in [3.8, 4) is 0 Å². The molecule has 2 saturated heterocycles. The highest BCUT2D eigenvalue weighted by Crippen LogP contribution is 2.29. The van der Waals surface area contributed by atoms with Crippen molar-refractivity contribution in [1.82, 2.24) is 4.90 Å². The summed E-state index contributed by atoms with van der Waals surface area (Å²) in [6, 6.07) is 0.501. The van der Waals surface area contributed by atoms with Crippen molar-refractivity contribution in [3.05, 3.63) is 0 Å². The molecule has 0 saturated carbocycles. The van der Waals surface area contributed by atoms with Gasteiger partial charge in [0.1, 0.15) is 6.17 Å². The van der Waals surface area contributed by atoms with Crippen LogP contribution in [-0.2, 0) is 4.74 Å². The van der Waals surface area contributed by atoms with Gasteiger partial charge >= 0.3 is 0 Å². The van der Waals surface area contributed by atoms with E-state index in [1.807, 2.05) is 0 Å². The first-order chi connectivity index (χ1) is 6.68. The predicted octanol–water partition coefficient (Wildman–Crippen LogP) is 1.70. The first kappa shape index (κ1) is 10.4. The molecule has 2 fully saturated rings. The molecule has 2 aliphatic rings. The fourth-order valence-corrected chi connectivity index (χ4v) is 2.46. The zero-order valence-corrected chi connectivity index (χ0v) is 9.08. The minimum atomic E-state index is -0.635. The summed E-state index contributed by atoms with van der Waals surface area (Å²) in [5.74, 6) is 0.747. The van der Waals surface area contributed by atoms with Gasteiger partial charge in [-0.1, -0.05) is 13.8 Å². The van der Waals surface area contributed by atoms with Gasteiger partial charge in [0.05, 0.1) is 19.3 Å². The molecular formula is C11H20FNO. The maximum absolute atomic E-state index is 13.8. The zero-order valence-electron chi connectivity index (χ0n) is 9.08. The summed E-state index contributed by atoms with van der Waals surface area (Å²) in [5, 5.41) is 0. The van der Waals surface area contributed by atoms with Crippen LogP contribution in [0.2, 0.25) is 0 Å². The van der Waals surface area contributed by atoms with Gasteiger partial charge in [0.15, 0.2) is 0 Å². The molecule has 82 valence electrons. The number of hydrogen-bond acceptors (Lipinski definition) is 2. The molecule has 0 radical (unpaired) electrons. The van der Waals surface area contributed by atoms with E-state index >= 15 is 0 Å². The molecule has 0 bridgehead atoms. The quantitative estimate of drug-likeness (QED) is 0.674. The highest BCUT2D eigenvalue weighted by atomic mass is 19.1. The summed E-state index contributed by atoms with van der Waals surface area (Å²) in [6.07, 6.45) is 0.374. The molecule has 2 nitrogen and oxygen atoms in total. The molecule has 0 spiro atoms. The Labute approximate surface area is 85.4 Å². The lowest BCUT2D eigenvalue weighted by Gasteiger charge is -2.43. The van der Waals surface area contributed by atoms with Gasteiger partial charge in [-0.3, -0.25) is 4.90 Å². The Hall–Kier alpha value is -0.150. The number of alkyl halides is 1. The lowest BCUT2D eigenvalue weighted by molar-refractivity contribution is -0.0883. The summed E-state index contributed by atoms with van der Waals surface area (Å²) in [4.78, 5) is 2.26. The molecule has 0 N–H and O–H groups in total. The Morgan fingerprint density at radius 3 is 2.50 bits per heavy atom. The van der Waals surface area contributed by atoms with Crippen LogP contribution < -0.4 is 0 Å². The second kappa shape index (κ2) is 4.15. The summed E-state index contributed by atoms with van der Waals surface area (Å²) >= 11 is 0. The molecule has 0 aromatic carbocycles. The summed E-state index contributed by atoms with van der Waals surface area (Å²) in [6.45, 7) is 7.53. The summed E-state index contributed by atoms with van der Waals surface area (Å²) in [5.41, 5.74) is 0. The van der Waals surface area contributed by atoms with E-state index in [4.69, 9.17) is 4.74 Å². The third kappa shape index (κ3) is 1.94. The predicted molar refractivity (Wildman–Crippen MR) is 54.0 cm³/mol. The molecule has 0 aliphatic carbocycles. The van der Waals surface area contributed by atoms with Crippen molar-refractivity contribution >= 4 is 0 Å². The number of piperidine rings is 1. The van der Waals surface area contributed by atoms with Crippen LogP contribution in [0.4, 0.5) is 4.39 Å². The van der Waals surface area contributed by atoms with Crippen LogP contribution in [0.5, 0.6) is 0 Å². The van der Waals surface area contributed by atoms with Gasteiger partial charge < -0.3 is 4.74 Å². The van der Waals surface area contributed by atoms with E-state index in [1.165, 1.54) is 0 Å². The van der Waals surface area contributed by atoms with Crippen molar-refractivity contribution in [2.24, 2.45) is 11.8 Å². The third-order valence-corrected chi connectivity index (χ3v) is 3.62. The van der Waals surface area contributed by atoms with Gasteiger partial charge in [0.25, 0.3) is 0 Å². The minimum absolute atomic E-state index is 0.271. The van der Waals surface area contributed by atoms with Crippen molar-refractivity contribution < 1.29 is 9.13 Å². The molecular weight excluding hydrogens is 181 g/mol. The highest BCUT2D eigenvalue weighted by molar-refractivity contribution is 4.87. The van der Waals surface area contributed by atoms with Crippen molar-refractivity contribution in [2.45, 2.75) is 32.5 Å². The summed E-state index contributed by atoms with van der Waals surface area (Å²) < 4.78 is 18.9. The minimum Gasteiger partial charge on any atom is -0.378 e. The van der Waals surface area contributed by atoms with Crippen LogP contribution in [-0.4, -0.2) is 43.4 Å². The second-order valence-corrected chi connectivity index (χ2v) is 4.90. The lowest BCUT2D eigenvalue weighted by Crippen LogP contribution is -2.55. The Kier molecular flexibility index (Phi) is 3.07. The van der Waals surface area contributed by atoms with Gasteiger partial charge in [-0.2, -0.15) is 0 Å². The normalized spacial score (nSPS) is 36.0. The van der Waals surface area contributed by atoms with Crippen molar-refractivity contribution in [2.75, 3.05) is 26.3 Å². The van der Waals surface area contributed by atoms with E-state index in [2.05, 4.69) is 18.7 Å². The molecule has 2 rings (SSSR count). The maximum atomic E-state index is 13.8. The molecule has 0 unspecified atom stereocenters. The van der Waals surface area contributed by atoms with Crippen LogP contribution in [0.15, 0.2) is 0 Å². The monoisotopic (exact) mass is 201 g/mol. The van der Waals surface area contributed by atoms with Crippen molar-refractivity contribution in [3.63, 3.8) is 0 Å². The van der Waals surface area contributed by atoms with E-state index in [-0.39, 0.29) is 5.92 Å². The largest absolute Gasteiger partial charge is 0.378 e. The molecule has 0 aromatic heterocycles. The topological polar surface area (TPSA) is 12.5 Å². The molecule has 3 heteroatoms. The molecule has 14 heavy (non-hydrogen) atoms. The summed E-state index contributed by atoms with van der Waals surface area (Å²) in [7, 11) is 0. The maximum Gasteiger partial charge on any atom is 0.116 e. The first-order valence-corrected chi connectivity index (χ1v) is 5.64. The van der Waals surface area contributed by atoms with Gasteiger partial charge in [-0.25, -0.2) is 4.39 Å². The second-order valence-electron chi connectivity index (χ2n) is 4.90. The average Bonchev–Trinajstić information content (AvgIpc) is 2.00. The lowest BCUT2D eigenvalue weighted by atomic mass is 9.84. The van der Waals surface area contributed by atoms with Crippen LogP contribution in [0.1, 0.15) is 20.3 Å². The van der Waals surface area contributed by atoms with E-state index in [0.29, 0.717) is 18.5 Å².